The average Bonchev–Trinajstić information content (AvgIpc) is 2.48. The lowest BCUT2D eigenvalue weighted by atomic mass is 10.0. The molecule has 2 rings (SSSR count). The second-order valence-corrected chi connectivity index (χ2v) is 5.94. The molecule has 1 aromatic carbocycles. The summed E-state index contributed by atoms with van der Waals surface area (Å²) in [6.07, 6.45) is 2.27. The van der Waals surface area contributed by atoms with Crippen LogP contribution in [0.5, 0.6) is 0 Å². The van der Waals surface area contributed by atoms with E-state index in [2.05, 4.69) is 47.9 Å². The van der Waals surface area contributed by atoms with Crippen molar-refractivity contribution in [3.63, 3.8) is 0 Å². The maximum Gasteiger partial charge on any atom is 0.0295 e. The molecule has 0 aromatic heterocycles. The molecule has 3 heteroatoms. The summed E-state index contributed by atoms with van der Waals surface area (Å²) in [5.41, 5.74) is 7.52. The first-order chi connectivity index (χ1) is 9.70. The third-order valence-electron chi connectivity index (χ3n) is 4.47. The summed E-state index contributed by atoms with van der Waals surface area (Å²) in [7, 11) is 0. The third kappa shape index (κ3) is 4.30. The Morgan fingerprint density at radius 1 is 1.25 bits per heavy atom. The zero-order valence-electron chi connectivity index (χ0n) is 13.0. The summed E-state index contributed by atoms with van der Waals surface area (Å²) in [6.45, 7) is 10.6. The molecule has 2 unspecified atom stereocenters. The van der Waals surface area contributed by atoms with Crippen LogP contribution in [0.15, 0.2) is 30.3 Å². The van der Waals surface area contributed by atoms with E-state index in [9.17, 15) is 0 Å². The predicted molar refractivity (Wildman–Crippen MR) is 85.8 cm³/mol. The summed E-state index contributed by atoms with van der Waals surface area (Å²) in [6, 6.07) is 11.3. The fourth-order valence-corrected chi connectivity index (χ4v) is 3.15. The number of rotatable bonds is 6. The smallest absolute Gasteiger partial charge is 0.0295 e. The number of nitrogens with zero attached hydrogens (tertiary/aromatic N) is 2. The highest BCUT2D eigenvalue weighted by atomic mass is 15.3. The molecule has 0 radical (unpaired) electrons. The molecule has 1 heterocycles. The topological polar surface area (TPSA) is 32.5 Å². The SMILES string of the molecule is CCN1CCN(CCCC(N)c2ccccc2)CC1C. The van der Waals surface area contributed by atoms with E-state index in [1.165, 1.54) is 44.7 Å². The zero-order valence-corrected chi connectivity index (χ0v) is 13.0. The van der Waals surface area contributed by atoms with Gasteiger partial charge in [-0.15, -0.1) is 0 Å². The Balaban J connectivity index is 1.69. The van der Waals surface area contributed by atoms with Gasteiger partial charge in [-0.05, 0) is 38.4 Å². The Kier molecular flexibility index (Phi) is 6.02. The van der Waals surface area contributed by atoms with Gasteiger partial charge in [-0.3, -0.25) is 4.90 Å². The minimum atomic E-state index is 0.186. The highest BCUT2D eigenvalue weighted by molar-refractivity contribution is 5.18. The van der Waals surface area contributed by atoms with E-state index in [4.69, 9.17) is 5.73 Å². The van der Waals surface area contributed by atoms with Gasteiger partial charge in [0.15, 0.2) is 0 Å². The molecule has 3 nitrogen and oxygen atoms in total. The zero-order chi connectivity index (χ0) is 14.4. The van der Waals surface area contributed by atoms with Crippen molar-refractivity contribution < 1.29 is 0 Å². The Labute approximate surface area is 123 Å². The molecule has 0 bridgehead atoms. The molecular weight excluding hydrogens is 246 g/mol. The Morgan fingerprint density at radius 3 is 2.65 bits per heavy atom. The van der Waals surface area contributed by atoms with Gasteiger partial charge >= 0.3 is 0 Å². The normalized spacial score (nSPS) is 22.9. The van der Waals surface area contributed by atoms with Crippen LogP contribution in [0.4, 0.5) is 0 Å². The van der Waals surface area contributed by atoms with Gasteiger partial charge in [-0.2, -0.15) is 0 Å². The molecule has 2 atom stereocenters. The van der Waals surface area contributed by atoms with Gasteiger partial charge in [0.05, 0.1) is 0 Å². The lowest BCUT2D eigenvalue weighted by molar-refractivity contribution is 0.0867. The maximum absolute atomic E-state index is 6.25. The lowest BCUT2D eigenvalue weighted by Gasteiger charge is -2.39. The van der Waals surface area contributed by atoms with E-state index in [-0.39, 0.29) is 6.04 Å². The first-order valence-electron chi connectivity index (χ1n) is 7.97. The largest absolute Gasteiger partial charge is 0.324 e. The molecule has 1 fully saturated rings. The molecule has 0 saturated carbocycles. The quantitative estimate of drug-likeness (QED) is 0.866. The molecule has 0 spiro atoms. The molecule has 0 aliphatic carbocycles. The monoisotopic (exact) mass is 275 g/mol. The first-order valence-corrected chi connectivity index (χ1v) is 7.97. The Bertz CT molecular complexity index is 379. The lowest BCUT2D eigenvalue weighted by Crippen LogP contribution is -2.51. The van der Waals surface area contributed by atoms with Crippen molar-refractivity contribution in [1.82, 2.24) is 9.80 Å². The van der Waals surface area contributed by atoms with Gasteiger partial charge in [-0.25, -0.2) is 0 Å². The second-order valence-electron chi connectivity index (χ2n) is 5.94. The van der Waals surface area contributed by atoms with E-state index in [1.54, 1.807) is 0 Å². The Morgan fingerprint density at radius 2 is 2.00 bits per heavy atom. The van der Waals surface area contributed by atoms with E-state index in [1.807, 2.05) is 6.07 Å². The van der Waals surface area contributed by atoms with Crippen LogP contribution >= 0.6 is 0 Å². The van der Waals surface area contributed by atoms with Gasteiger partial charge in [-0.1, -0.05) is 37.3 Å². The second kappa shape index (κ2) is 7.77. The number of likely N-dealkylation sites (N-methyl/N-ethyl adjacent to an activating group) is 1. The number of hydrogen-bond donors (Lipinski definition) is 1. The van der Waals surface area contributed by atoms with Gasteiger partial charge in [0.25, 0.3) is 0 Å². The summed E-state index contributed by atoms with van der Waals surface area (Å²) in [5, 5.41) is 0. The standard InChI is InChI=1S/C17H29N3/c1-3-20-13-12-19(14-15(20)2)11-7-10-17(18)16-8-5-4-6-9-16/h4-6,8-9,15,17H,3,7,10-14,18H2,1-2H3. The molecule has 1 saturated heterocycles. The predicted octanol–water partition coefficient (Wildman–Crippen LogP) is 2.49. The van der Waals surface area contributed by atoms with Crippen molar-refractivity contribution >= 4 is 0 Å². The summed E-state index contributed by atoms with van der Waals surface area (Å²) in [4.78, 5) is 5.15. The van der Waals surface area contributed by atoms with Crippen molar-refractivity contribution in [3.05, 3.63) is 35.9 Å². The fourth-order valence-electron chi connectivity index (χ4n) is 3.15. The van der Waals surface area contributed by atoms with E-state index in [0.29, 0.717) is 6.04 Å². The van der Waals surface area contributed by atoms with Crippen LogP contribution in [0, 0.1) is 0 Å². The maximum atomic E-state index is 6.25. The highest BCUT2D eigenvalue weighted by Gasteiger charge is 2.21. The number of benzene rings is 1. The number of piperazine rings is 1. The summed E-state index contributed by atoms with van der Waals surface area (Å²) in [5.74, 6) is 0. The van der Waals surface area contributed by atoms with Crippen molar-refractivity contribution in [2.75, 3.05) is 32.7 Å². The molecule has 2 N–H and O–H groups in total. The molecule has 1 aromatic rings. The van der Waals surface area contributed by atoms with Crippen LogP contribution < -0.4 is 5.73 Å². The molecule has 20 heavy (non-hydrogen) atoms. The first kappa shape index (κ1) is 15.5. The van der Waals surface area contributed by atoms with Crippen molar-refractivity contribution in [3.8, 4) is 0 Å². The van der Waals surface area contributed by atoms with Crippen molar-refractivity contribution in [2.45, 2.75) is 38.8 Å². The van der Waals surface area contributed by atoms with Crippen LogP contribution in [0.25, 0.3) is 0 Å². The molecule has 112 valence electrons. The van der Waals surface area contributed by atoms with E-state index < -0.39 is 0 Å². The number of hydrogen-bond acceptors (Lipinski definition) is 3. The minimum Gasteiger partial charge on any atom is -0.324 e. The van der Waals surface area contributed by atoms with Gasteiger partial charge in [0.1, 0.15) is 0 Å². The fraction of sp³-hybridized carbons (Fsp3) is 0.647. The molecular formula is C17H29N3. The molecule has 0 amide bonds. The molecule has 1 aliphatic rings. The van der Waals surface area contributed by atoms with E-state index in [0.717, 1.165) is 6.42 Å². The minimum absolute atomic E-state index is 0.186. The van der Waals surface area contributed by atoms with Crippen LogP contribution in [0.2, 0.25) is 0 Å². The number of nitrogens with two attached hydrogens (primary N) is 1. The van der Waals surface area contributed by atoms with Gasteiger partial charge in [0.2, 0.25) is 0 Å². The van der Waals surface area contributed by atoms with Crippen LogP contribution in [0.1, 0.15) is 38.3 Å². The van der Waals surface area contributed by atoms with Crippen LogP contribution in [0.3, 0.4) is 0 Å². The average molecular weight is 275 g/mol. The summed E-state index contributed by atoms with van der Waals surface area (Å²) >= 11 is 0. The van der Waals surface area contributed by atoms with Gasteiger partial charge in [0, 0.05) is 31.7 Å². The van der Waals surface area contributed by atoms with Gasteiger partial charge < -0.3 is 10.6 Å². The Hall–Kier alpha value is -0.900. The van der Waals surface area contributed by atoms with E-state index >= 15 is 0 Å². The van der Waals surface area contributed by atoms with Crippen LogP contribution in [-0.2, 0) is 0 Å². The van der Waals surface area contributed by atoms with Crippen molar-refractivity contribution in [2.24, 2.45) is 5.73 Å². The highest BCUT2D eigenvalue weighted by Crippen LogP contribution is 2.16. The summed E-state index contributed by atoms with van der Waals surface area (Å²) < 4.78 is 0. The van der Waals surface area contributed by atoms with Crippen molar-refractivity contribution in [1.29, 1.82) is 0 Å². The third-order valence-corrected chi connectivity index (χ3v) is 4.47. The molecule has 1 aliphatic heterocycles. The van der Waals surface area contributed by atoms with Crippen LogP contribution in [-0.4, -0.2) is 48.6 Å².